The van der Waals surface area contributed by atoms with Gasteiger partial charge in [-0.25, -0.2) is 0 Å². The molecule has 1 heterocycles. The zero-order valence-electron chi connectivity index (χ0n) is 11.1. The van der Waals surface area contributed by atoms with Gasteiger partial charge in [-0.2, -0.15) is 0 Å². The summed E-state index contributed by atoms with van der Waals surface area (Å²) in [6.07, 6.45) is 2.12. The molecule has 1 aromatic heterocycles. The second kappa shape index (κ2) is 4.86. The lowest BCUT2D eigenvalue weighted by molar-refractivity contribution is 0.305. The van der Waals surface area contributed by atoms with Gasteiger partial charge in [0.15, 0.2) is 0 Å². The zero-order valence-corrected chi connectivity index (χ0v) is 11.1. The van der Waals surface area contributed by atoms with Gasteiger partial charge in [0.2, 0.25) is 5.56 Å². The minimum atomic E-state index is 0.0120. The quantitative estimate of drug-likeness (QED) is 0.834. The molecule has 1 N–H and O–H groups in total. The average Bonchev–Trinajstić information content (AvgIpc) is 1.96. The molecule has 0 fully saturated rings. The Labute approximate surface area is 98.1 Å². The summed E-state index contributed by atoms with van der Waals surface area (Å²) in [5, 5.41) is 0. The van der Waals surface area contributed by atoms with Crippen LogP contribution in [0, 0.1) is 18.3 Å². The first-order valence-corrected chi connectivity index (χ1v) is 5.96. The van der Waals surface area contributed by atoms with Crippen LogP contribution in [0.5, 0.6) is 0 Å². The first kappa shape index (κ1) is 13.0. The molecule has 0 amide bonds. The molecule has 1 aromatic rings. The molecule has 0 spiro atoms. The summed E-state index contributed by atoms with van der Waals surface area (Å²) >= 11 is 0. The van der Waals surface area contributed by atoms with E-state index >= 15 is 0 Å². The first-order chi connectivity index (χ1) is 7.26. The molecule has 1 rings (SSSR count). The average molecular weight is 221 g/mol. The highest BCUT2D eigenvalue weighted by Gasteiger charge is 2.15. The SMILES string of the molecule is Cc1cc(CC(C)CC(C)(C)C)[nH]c(=O)c1. The molecule has 0 saturated carbocycles. The maximum absolute atomic E-state index is 11.3. The van der Waals surface area contributed by atoms with E-state index < -0.39 is 0 Å². The van der Waals surface area contributed by atoms with Gasteiger partial charge in [0, 0.05) is 11.8 Å². The molecule has 0 aliphatic carbocycles. The van der Waals surface area contributed by atoms with E-state index in [1.54, 1.807) is 6.07 Å². The van der Waals surface area contributed by atoms with E-state index in [0.29, 0.717) is 11.3 Å². The van der Waals surface area contributed by atoms with Gasteiger partial charge in [0.05, 0.1) is 0 Å². The number of rotatable bonds is 3. The van der Waals surface area contributed by atoms with Crippen molar-refractivity contribution < 1.29 is 0 Å². The van der Waals surface area contributed by atoms with Crippen LogP contribution >= 0.6 is 0 Å². The number of pyridine rings is 1. The Hall–Kier alpha value is -1.05. The third-order valence-corrected chi connectivity index (χ3v) is 2.57. The molecule has 0 saturated heterocycles. The van der Waals surface area contributed by atoms with Gasteiger partial charge >= 0.3 is 0 Å². The normalized spacial score (nSPS) is 13.8. The molecular formula is C14H23NO. The topological polar surface area (TPSA) is 32.9 Å². The fourth-order valence-electron chi connectivity index (χ4n) is 2.36. The van der Waals surface area contributed by atoms with Gasteiger partial charge in [-0.3, -0.25) is 4.79 Å². The van der Waals surface area contributed by atoms with Crippen LogP contribution in [0.25, 0.3) is 0 Å². The summed E-state index contributed by atoms with van der Waals surface area (Å²) < 4.78 is 0. The standard InChI is InChI=1S/C14H23NO/c1-10-6-12(15-13(16)8-10)7-11(2)9-14(3,4)5/h6,8,11H,7,9H2,1-5H3,(H,15,16). The minimum absolute atomic E-state index is 0.0120. The Morgan fingerprint density at radius 2 is 1.94 bits per heavy atom. The summed E-state index contributed by atoms with van der Waals surface area (Å²) in [5.74, 6) is 0.595. The third kappa shape index (κ3) is 4.65. The molecule has 2 heteroatoms. The number of hydrogen-bond acceptors (Lipinski definition) is 1. The van der Waals surface area contributed by atoms with E-state index in [2.05, 4.69) is 38.7 Å². The number of nitrogens with one attached hydrogen (secondary N) is 1. The van der Waals surface area contributed by atoms with E-state index in [1.165, 1.54) is 6.42 Å². The van der Waals surface area contributed by atoms with Gasteiger partial charge in [-0.1, -0.05) is 27.7 Å². The Bertz CT molecular complexity index is 398. The van der Waals surface area contributed by atoms with Crippen LogP contribution in [0.3, 0.4) is 0 Å². The van der Waals surface area contributed by atoms with Crippen LogP contribution < -0.4 is 5.56 Å². The highest BCUT2D eigenvalue weighted by atomic mass is 16.1. The van der Waals surface area contributed by atoms with E-state index in [0.717, 1.165) is 17.7 Å². The Kier molecular flexibility index (Phi) is 3.95. The molecule has 0 aliphatic rings. The van der Waals surface area contributed by atoms with E-state index in [1.807, 2.05) is 6.92 Å². The fraction of sp³-hybridized carbons (Fsp3) is 0.643. The van der Waals surface area contributed by atoms with Gasteiger partial charge in [-0.15, -0.1) is 0 Å². The lowest BCUT2D eigenvalue weighted by Gasteiger charge is -2.23. The lowest BCUT2D eigenvalue weighted by atomic mass is 9.83. The number of aromatic amines is 1. The second-order valence-electron chi connectivity index (χ2n) is 6.12. The van der Waals surface area contributed by atoms with Crippen molar-refractivity contribution in [3.05, 3.63) is 33.7 Å². The van der Waals surface area contributed by atoms with E-state index in [-0.39, 0.29) is 5.56 Å². The van der Waals surface area contributed by atoms with E-state index in [4.69, 9.17) is 0 Å². The van der Waals surface area contributed by atoms with Crippen molar-refractivity contribution in [3.8, 4) is 0 Å². The summed E-state index contributed by atoms with van der Waals surface area (Å²) in [7, 11) is 0. The second-order valence-corrected chi connectivity index (χ2v) is 6.12. The van der Waals surface area contributed by atoms with Crippen LogP contribution in [0.2, 0.25) is 0 Å². The minimum Gasteiger partial charge on any atom is -0.326 e. The molecule has 1 unspecified atom stereocenters. The molecule has 90 valence electrons. The Balaban J connectivity index is 2.70. The zero-order chi connectivity index (χ0) is 12.3. The van der Waals surface area contributed by atoms with Crippen molar-refractivity contribution >= 4 is 0 Å². The predicted molar refractivity (Wildman–Crippen MR) is 68.7 cm³/mol. The molecule has 2 nitrogen and oxygen atoms in total. The van der Waals surface area contributed by atoms with Crippen LogP contribution in [-0.2, 0) is 6.42 Å². The maximum Gasteiger partial charge on any atom is 0.248 e. The number of hydrogen-bond donors (Lipinski definition) is 1. The van der Waals surface area contributed by atoms with Crippen LogP contribution in [0.15, 0.2) is 16.9 Å². The van der Waals surface area contributed by atoms with Gasteiger partial charge in [0.1, 0.15) is 0 Å². The monoisotopic (exact) mass is 221 g/mol. The van der Waals surface area contributed by atoms with E-state index in [9.17, 15) is 4.79 Å². The summed E-state index contributed by atoms with van der Waals surface area (Å²) in [4.78, 5) is 14.2. The van der Waals surface area contributed by atoms with Crippen LogP contribution in [-0.4, -0.2) is 4.98 Å². The number of aromatic nitrogens is 1. The van der Waals surface area contributed by atoms with Crippen molar-refractivity contribution in [1.82, 2.24) is 4.98 Å². The van der Waals surface area contributed by atoms with Crippen molar-refractivity contribution in [2.24, 2.45) is 11.3 Å². The van der Waals surface area contributed by atoms with Crippen molar-refractivity contribution in [3.63, 3.8) is 0 Å². The smallest absolute Gasteiger partial charge is 0.248 e. The van der Waals surface area contributed by atoms with Crippen molar-refractivity contribution in [1.29, 1.82) is 0 Å². The van der Waals surface area contributed by atoms with Crippen LogP contribution in [0.1, 0.15) is 45.4 Å². The molecule has 16 heavy (non-hydrogen) atoms. The summed E-state index contributed by atoms with van der Waals surface area (Å²) in [5.41, 5.74) is 2.46. The number of H-pyrrole nitrogens is 1. The highest BCUT2D eigenvalue weighted by Crippen LogP contribution is 2.25. The fourth-order valence-corrected chi connectivity index (χ4v) is 2.36. The van der Waals surface area contributed by atoms with Gasteiger partial charge in [0.25, 0.3) is 0 Å². The molecule has 0 aromatic carbocycles. The molecule has 1 atom stereocenters. The third-order valence-electron chi connectivity index (χ3n) is 2.57. The van der Waals surface area contributed by atoms with Crippen molar-refractivity contribution in [2.75, 3.05) is 0 Å². The molecule has 0 aliphatic heterocycles. The van der Waals surface area contributed by atoms with Gasteiger partial charge in [-0.05, 0) is 42.7 Å². The van der Waals surface area contributed by atoms with Crippen LogP contribution in [0.4, 0.5) is 0 Å². The largest absolute Gasteiger partial charge is 0.326 e. The Morgan fingerprint density at radius 3 is 2.44 bits per heavy atom. The number of aryl methyl sites for hydroxylation is 1. The predicted octanol–water partition coefficient (Wildman–Crippen LogP) is 3.30. The summed E-state index contributed by atoms with van der Waals surface area (Å²) in [6.45, 7) is 11.0. The molecule has 0 radical (unpaired) electrons. The summed E-state index contributed by atoms with van der Waals surface area (Å²) in [6, 6.07) is 3.71. The highest BCUT2D eigenvalue weighted by molar-refractivity contribution is 5.14. The molecular weight excluding hydrogens is 198 g/mol. The maximum atomic E-state index is 11.3. The lowest BCUT2D eigenvalue weighted by Crippen LogP contribution is -2.15. The first-order valence-electron chi connectivity index (χ1n) is 5.96. The Morgan fingerprint density at radius 1 is 1.31 bits per heavy atom. The van der Waals surface area contributed by atoms with Gasteiger partial charge < -0.3 is 4.98 Å². The van der Waals surface area contributed by atoms with Crippen molar-refractivity contribution in [2.45, 2.75) is 47.5 Å². The molecule has 0 bridgehead atoms.